The Balaban J connectivity index is 2.77. The Bertz CT molecular complexity index is 353. The van der Waals surface area contributed by atoms with Gasteiger partial charge in [0.25, 0.3) is 0 Å². The summed E-state index contributed by atoms with van der Waals surface area (Å²) >= 11 is 18.0. The van der Waals surface area contributed by atoms with Gasteiger partial charge in [0.1, 0.15) is 0 Å². The van der Waals surface area contributed by atoms with Gasteiger partial charge in [-0.25, -0.2) is 0 Å². The van der Waals surface area contributed by atoms with Gasteiger partial charge in [-0.1, -0.05) is 41.7 Å². The molecule has 0 heterocycles. The van der Waals surface area contributed by atoms with Crippen molar-refractivity contribution in [1.82, 2.24) is 5.32 Å². The first kappa shape index (κ1) is 14.1. The van der Waals surface area contributed by atoms with Crippen LogP contribution in [0.4, 0.5) is 0 Å². The molecule has 2 nitrogen and oxygen atoms in total. The largest absolute Gasteiger partial charge is 0.395 e. The van der Waals surface area contributed by atoms with E-state index in [0.717, 1.165) is 12.0 Å². The molecule has 90 valence electrons. The zero-order valence-electron chi connectivity index (χ0n) is 8.93. The van der Waals surface area contributed by atoms with Crippen molar-refractivity contribution in [1.29, 1.82) is 0 Å². The number of nitrogens with one attached hydrogen (secondary N) is 1. The van der Waals surface area contributed by atoms with Crippen LogP contribution in [-0.2, 0) is 6.54 Å². The lowest BCUT2D eigenvalue weighted by atomic mass is 10.2. The topological polar surface area (TPSA) is 32.3 Å². The van der Waals surface area contributed by atoms with E-state index in [0.29, 0.717) is 21.6 Å². The number of halogens is 3. The first-order valence-corrected chi connectivity index (χ1v) is 6.20. The van der Waals surface area contributed by atoms with Crippen molar-refractivity contribution in [2.24, 2.45) is 0 Å². The highest BCUT2D eigenvalue weighted by Crippen LogP contribution is 2.31. The summed E-state index contributed by atoms with van der Waals surface area (Å²) in [7, 11) is 0. The third-order valence-corrected chi connectivity index (χ3v) is 3.62. The Morgan fingerprint density at radius 2 is 1.88 bits per heavy atom. The summed E-state index contributed by atoms with van der Waals surface area (Å²) in [6.07, 6.45) is 0.840. The van der Waals surface area contributed by atoms with Gasteiger partial charge < -0.3 is 10.4 Å². The standard InChI is InChI=1S/C11H14Cl3NO/c1-2-7(6-16)15-5-8-9(12)3-4-10(13)11(8)14/h3-4,7,15-16H,2,5-6H2,1H3. The molecule has 16 heavy (non-hydrogen) atoms. The first-order valence-electron chi connectivity index (χ1n) is 5.06. The molecule has 0 fully saturated rings. The third-order valence-electron chi connectivity index (χ3n) is 2.42. The monoisotopic (exact) mass is 281 g/mol. The fraction of sp³-hybridized carbons (Fsp3) is 0.455. The number of rotatable bonds is 5. The number of aliphatic hydroxyl groups excluding tert-OH is 1. The van der Waals surface area contributed by atoms with E-state index in [1.165, 1.54) is 0 Å². The minimum Gasteiger partial charge on any atom is -0.395 e. The van der Waals surface area contributed by atoms with Gasteiger partial charge in [-0.2, -0.15) is 0 Å². The summed E-state index contributed by atoms with van der Waals surface area (Å²) in [6, 6.07) is 3.43. The fourth-order valence-electron chi connectivity index (χ4n) is 1.32. The van der Waals surface area contributed by atoms with Gasteiger partial charge in [-0.3, -0.25) is 0 Å². The van der Waals surface area contributed by atoms with E-state index in [4.69, 9.17) is 39.9 Å². The van der Waals surface area contributed by atoms with Crippen LogP contribution in [0, 0.1) is 0 Å². The quantitative estimate of drug-likeness (QED) is 0.810. The Morgan fingerprint density at radius 1 is 1.25 bits per heavy atom. The highest BCUT2D eigenvalue weighted by Gasteiger charge is 2.11. The molecule has 0 aliphatic carbocycles. The van der Waals surface area contributed by atoms with Gasteiger partial charge in [-0.05, 0) is 18.6 Å². The maximum absolute atomic E-state index is 9.04. The summed E-state index contributed by atoms with van der Waals surface area (Å²) in [6.45, 7) is 2.58. The predicted molar refractivity (Wildman–Crippen MR) is 69.5 cm³/mol. The molecule has 0 aromatic heterocycles. The van der Waals surface area contributed by atoms with Crippen LogP contribution in [0.25, 0.3) is 0 Å². The van der Waals surface area contributed by atoms with Crippen LogP contribution in [0.15, 0.2) is 12.1 Å². The molecular weight excluding hydrogens is 268 g/mol. The summed E-state index contributed by atoms with van der Waals surface area (Å²) < 4.78 is 0. The molecule has 0 saturated heterocycles. The van der Waals surface area contributed by atoms with Gasteiger partial charge in [0.2, 0.25) is 0 Å². The second-order valence-electron chi connectivity index (χ2n) is 3.49. The molecule has 1 aromatic carbocycles. The Labute approximate surface area is 111 Å². The molecule has 0 saturated carbocycles. The Kier molecular flexibility index (Phi) is 5.87. The van der Waals surface area contributed by atoms with E-state index < -0.39 is 0 Å². The van der Waals surface area contributed by atoms with Gasteiger partial charge in [0.05, 0.1) is 16.7 Å². The normalized spacial score (nSPS) is 12.8. The summed E-state index contributed by atoms with van der Waals surface area (Å²) in [5, 5.41) is 13.7. The lowest BCUT2D eigenvalue weighted by molar-refractivity contribution is 0.238. The second kappa shape index (κ2) is 6.67. The zero-order chi connectivity index (χ0) is 12.1. The van der Waals surface area contributed by atoms with Crippen LogP contribution < -0.4 is 5.32 Å². The number of benzene rings is 1. The number of hydrogen-bond donors (Lipinski definition) is 2. The smallest absolute Gasteiger partial charge is 0.0652 e. The van der Waals surface area contributed by atoms with Crippen molar-refractivity contribution in [2.75, 3.05) is 6.61 Å². The number of hydrogen-bond acceptors (Lipinski definition) is 2. The van der Waals surface area contributed by atoms with E-state index in [-0.39, 0.29) is 12.6 Å². The molecule has 0 spiro atoms. The summed E-state index contributed by atoms with van der Waals surface area (Å²) in [5.74, 6) is 0. The van der Waals surface area contributed by atoms with E-state index in [2.05, 4.69) is 5.32 Å². The molecule has 0 aliphatic rings. The van der Waals surface area contributed by atoms with Crippen molar-refractivity contribution in [3.8, 4) is 0 Å². The van der Waals surface area contributed by atoms with Crippen LogP contribution in [-0.4, -0.2) is 17.8 Å². The highest BCUT2D eigenvalue weighted by molar-refractivity contribution is 6.44. The van der Waals surface area contributed by atoms with Crippen molar-refractivity contribution in [3.63, 3.8) is 0 Å². The van der Waals surface area contributed by atoms with E-state index >= 15 is 0 Å². The summed E-state index contributed by atoms with van der Waals surface area (Å²) in [5.41, 5.74) is 0.766. The summed E-state index contributed by atoms with van der Waals surface area (Å²) in [4.78, 5) is 0. The molecule has 1 unspecified atom stereocenters. The molecule has 0 bridgehead atoms. The van der Waals surface area contributed by atoms with Crippen LogP contribution in [0.5, 0.6) is 0 Å². The van der Waals surface area contributed by atoms with Gasteiger partial charge in [-0.15, -0.1) is 0 Å². The van der Waals surface area contributed by atoms with Crippen LogP contribution >= 0.6 is 34.8 Å². The van der Waals surface area contributed by atoms with E-state index in [9.17, 15) is 0 Å². The highest BCUT2D eigenvalue weighted by atomic mass is 35.5. The molecule has 0 aliphatic heterocycles. The van der Waals surface area contributed by atoms with Crippen molar-refractivity contribution >= 4 is 34.8 Å². The molecule has 5 heteroatoms. The fourth-order valence-corrected chi connectivity index (χ4v) is 2.00. The lowest BCUT2D eigenvalue weighted by Crippen LogP contribution is -2.31. The minimum atomic E-state index is 0.0473. The first-order chi connectivity index (χ1) is 7.60. The number of aliphatic hydroxyl groups is 1. The second-order valence-corrected chi connectivity index (χ2v) is 4.68. The van der Waals surface area contributed by atoms with Gasteiger partial charge >= 0.3 is 0 Å². The Hall–Kier alpha value is 0.01000. The molecule has 1 rings (SSSR count). The van der Waals surface area contributed by atoms with E-state index in [1.54, 1.807) is 12.1 Å². The zero-order valence-corrected chi connectivity index (χ0v) is 11.2. The van der Waals surface area contributed by atoms with Gasteiger partial charge in [0, 0.05) is 23.2 Å². The van der Waals surface area contributed by atoms with Crippen LogP contribution in [0.2, 0.25) is 15.1 Å². The average molecular weight is 283 g/mol. The third kappa shape index (κ3) is 3.51. The van der Waals surface area contributed by atoms with Gasteiger partial charge in [0.15, 0.2) is 0 Å². The van der Waals surface area contributed by atoms with E-state index in [1.807, 2.05) is 6.92 Å². The van der Waals surface area contributed by atoms with Crippen molar-refractivity contribution in [2.45, 2.75) is 25.9 Å². The Morgan fingerprint density at radius 3 is 2.44 bits per heavy atom. The molecular formula is C11H14Cl3NO. The molecule has 1 aromatic rings. The average Bonchev–Trinajstić information content (AvgIpc) is 2.29. The molecule has 2 N–H and O–H groups in total. The SMILES string of the molecule is CCC(CO)NCc1c(Cl)ccc(Cl)c1Cl. The lowest BCUT2D eigenvalue weighted by Gasteiger charge is -2.15. The van der Waals surface area contributed by atoms with Crippen LogP contribution in [0.1, 0.15) is 18.9 Å². The molecule has 0 radical (unpaired) electrons. The van der Waals surface area contributed by atoms with Crippen molar-refractivity contribution < 1.29 is 5.11 Å². The molecule has 1 atom stereocenters. The maximum Gasteiger partial charge on any atom is 0.0652 e. The molecule has 0 amide bonds. The minimum absolute atomic E-state index is 0.0473. The van der Waals surface area contributed by atoms with Crippen molar-refractivity contribution in [3.05, 3.63) is 32.8 Å². The maximum atomic E-state index is 9.04. The predicted octanol–water partition coefficient (Wildman–Crippen LogP) is 3.51. The van der Waals surface area contributed by atoms with Crippen LogP contribution in [0.3, 0.4) is 0 Å².